The fourth-order valence-electron chi connectivity index (χ4n) is 2.35. The van der Waals surface area contributed by atoms with Crippen LogP contribution in [-0.4, -0.2) is 28.0 Å². The second kappa shape index (κ2) is 7.12. The van der Waals surface area contributed by atoms with E-state index in [4.69, 9.17) is 4.74 Å². The second-order valence-electron chi connectivity index (χ2n) is 5.04. The van der Waals surface area contributed by atoms with Gasteiger partial charge in [0.15, 0.2) is 0 Å². The van der Waals surface area contributed by atoms with Crippen LogP contribution in [0.4, 0.5) is 4.79 Å². The van der Waals surface area contributed by atoms with Crippen LogP contribution in [0.5, 0.6) is 0 Å². The molecule has 0 N–H and O–H groups in total. The number of likely N-dealkylation sites (tertiary alicyclic amines) is 1. The van der Waals surface area contributed by atoms with Crippen molar-refractivity contribution >= 4 is 28.7 Å². The van der Waals surface area contributed by atoms with E-state index in [-0.39, 0.29) is 6.09 Å². The van der Waals surface area contributed by atoms with Gasteiger partial charge >= 0.3 is 6.09 Å². The molecule has 0 aliphatic carbocycles. The smallest absolute Gasteiger partial charge is 0.410 e. The van der Waals surface area contributed by atoms with Crippen LogP contribution in [0.25, 0.3) is 0 Å². The van der Waals surface area contributed by atoms with E-state index in [0.29, 0.717) is 10.5 Å². The number of nitrogens with zero attached hydrogens (tertiary/aromatic N) is 1. The number of benzene rings is 1. The van der Waals surface area contributed by atoms with Gasteiger partial charge in [-0.1, -0.05) is 59.8 Å². The lowest BCUT2D eigenvalue weighted by Gasteiger charge is -2.32. The van der Waals surface area contributed by atoms with Crippen molar-refractivity contribution in [3.05, 3.63) is 35.9 Å². The largest absolute Gasteiger partial charge is 0.445 e. The highest BCUT2D eigenvalue weighted by Gasteiger charge is 2.25. The summed E-state index contributed by atoms with van der Waals surface area (Å²) in [4.78, 5) is 13.8. The maximum atomic E-state index is 11.9. The molecule has 1 fully saturated rings. The van der Waals surface area contributed by atoms with Crippen LogP contribution in [0, 0.1) is 5.92 Å². The van der Waals surface area contributed by atoms with E-state index in [1.807, 2.05) is 35.2 Å². The molecule has 1 aromatic rings. The Balaban J connectivity index is 1.76. The van der Waals surface area contributed by atoms with Gasteiger partial charge in [-0.3, -0.25) is 0 Å². The van der Waals surface area contributed by atoms with Gasteiger partial charge in [0.1, 0.15) is 6.61 Å². The lowest BCUT2D eigenvalue weighted by molar-refractivity contribution is 0.0827. The third-order valence-corrected chi connectivity index (χ3v) is 4.67. The van der Waals surface area contributed by atoms with E-state index in [0.717, 1.165) is 37.4 Å². The molecule has 19 heavy (non-hydrogen) atoms. The van der Waals surface area contributed by atoms with Crippen LogP contribution in [0.3, 0.4) is 0 Å². The third-order valence-electron chi connectivity index (χ3n) is 3.65. The van der Waals surface area contributed by atoms with Gasteiger partial charge in [-0.2, -0.15) is 0 Å². The monoisotopic (exact) mass is 373 g/mol. The molecule has 1 aliphatic rings. The van der Waals surface area contributed by atoms with Crippen LogP contribution in [0.1, 0.15) is 25.3 Å². The molecular weight excluding hydrogens is 353 g/mol. The van der Waals surface area contributed by atoms with Crippen molar-refractivity contribution in [2.45, 2.75) is 30.3 Å². The van der Waals surface area contributed by atoms with Crippen LogP contribution >= 0.6 is 22.6 Å². The Labute approximate surface area is 128 Å². The molecule has 104 valence electrons. The zero-order valence-corrected chi connectivity index (χ0v) is 13.4. The first kappa shape index (κ1) is 14.6. The second-order valence-corrected chi connectivity index (χ2v) is 7.01. The highest BCUT2D eigenvalue weighted by molar-refractivity contribution is 14.1. The summed E-state index contributed by atoms with van der Waals surface area (Å²) < 4.78 is 6.03. The molecular formula is C15H20INO2. The van der Waals surface area contributed by atoms with Crippen LogP contribution in [0.15, 0.2) is 30.3 Å². The fraction of sp³-hybridized carbons (Fsp3) is 0.533. The van der Waals surface area contributed by atoms with Gasteiger partial charge in [-0.25, -0.2) is 4.79 Å². The predicted octanol–water partition coefficient (Wildman–Crippen LogP) is 3.86. The number of carbonyl (C=O) groups excluding carboxylic acids is 1. The Morgan fingerprint density at radius 3 is 2.58 bits per heavy atom. The number of ether oxygens (including phenoxy) is 1. The summed E-state index contributed by atoms with van der Waals surface area (Å²) in [6.45, 7) is 4.26. The molecule has 3 nitrogen and oxygen atoms in total. The summed E-state index contributed by atoms with van der Waals surface area (Å²) in [5, 5.41) is 0. The average Bonchev–Trinajstić information content (AvgIpc) is 2.46. The van der Waals surface area contributed by atoms with Gasteiger partial charge in [0.2, 0.25) is 0 Å². The quantitative estimate of drug-likeness (QED) is 0.595. The summed E-state index contributed by atoms with van der Waals surface area (Å²) in [5.41, 5.74) is 1.03. The minimum absolute atomic E-state index is 0.177. The van der Waals surface area contributed by atoms with Crippen LogP contribution in [-0.2, 0) is 11.3 Å². The Morgan fingerprint density at radius 2 is 2.00 bits per heavy atom. The third kappa shape index (κ3) is 4.37. The van der Waals surface area contributed by atoms with Crippen LogP contribution < -0.4 is 0 Å². The summed E-state index contributed by atoms with van der Waals surface area (Å²) >= 11 is 2.48. The number of amides is 1. The lowest BCUT2D eigenvalue weighted by Crippen LogP contribution is -2.40. The van der Waals surface area contributed by atoms with Crippen molar-refractivity contribution in [1.29, 1.82) is 0 Å². The van der Waals surface area contributed by atoms with Crippen molar-refractivity contribution < 1.29 is 9.53 Å². The highest BCUT2D eigenvalue weighted by atomic mass is 127. The maximum Gasteiger partial charge on any atom is 0.410 e. The van der Waals surface area contributed by atoms with Gasteiger partial charge in [-0.05, 0) is 24.3 Å². The normalized spacial score (nSPS) is 18.1. The molecule has 0 radical (unpaired) electrons. The highest BCUT2D eigenvalue weighted by Crippen LogP contribution is 2.25. The number of alkyl halides is 1. The molecule has 0 aromatic heterocycles. The summed E-state index contributed by atoms with van der Waals surface area (Å²) in [6, 6.07) is 9.81. The molecule has 1 saturated heterocycles. The Bertz CT molecular complexity index is 400. The van der Waals surface area contributed by atoms with Gasteiger partial charge < -0.3 is 9.64 Å². The van der Waals surface area contributed by atoms with Gasteiger partial charge in [-0.15, -0.1) is 0 Å². The minimum Gasteiger partial charge on any atom is -0.445 e. The molecule has 0 bridgehead atoms. The van der Waals surface area contributed by atoms with E-state index in [1.165, 1.54) is 0 Å². The Hall–Kier alpha value is -0.780. The molecule has 4 heteroatoms. The van der Waals surface area contributed by atoms with Crippen molar-refractivity contribution in [2.75, 3.05) is 13.1 Å². The number of hydrogen-bond acceptors (Lipinski definition) is 2. The molecule has 2 rings (SSSR count). The maximum absolute atomic E-state index is 11.9. The standard InChI is InChI=1S/C15H20INO2/c1-12(16)14-7-9-17(10-8-14)15(18)19-11-13-5-3-2-4-6-13/h2-6,12,14H,7-11H2,1H3. The SMILES string of the molecule is CC(I)C1CCN(C(=O)OCc2ccccc2)CC1. The number of piperidine rings is 1. The summed E-state index contributed by atoms with van der Waals surface area (Å²) in [7, 11) is 0. The summed E-state index contributed by atoms with van der Waals surface area (Å²) in [6.07, 6.45) is 2.00. The number of rotatable bonds is 3. The first-order valence-corrected chi connectivity index (χ1v) is 8.01. The molecule has 1 unspecified atom stereocenters. The first-order valence-electron chi connectivity index (χ1n) is 6.76. The summed E-state index contributed by atoms with van der Waals surface area (Å²) in [5.74, 6) is 0.735. The van der Waals surface area contributed by atoms with E-state index in [2.05, 4.69) is 29.5 Å². The Kier molecular flexibility index (Phi) is 5.48. The Morgan fingerprint density at radius 1 is 1.37 bits per heavy atom. The van der Waals surface area contributed by atoms with E-state index >= 15 is 0 Å². The molecule has 1 atom stereocenters. The van der Waals surface area contributed by atoms with Gasteiger partial charge in [0.05, 0.1) is 0 Å². The zero-order chi connectivity index (χ0) is 13.7. The van der Waals surface area contributed by atoms with E-state index in [9.17, 15) is 4.79 Å². The van der Waals surface area contributed by atoms with Crippen LogP contribution in [0.2, 0.25) is 0 Å². The molecule has 1 aliphatic heterocycles. The zero-order valence-electron chi connectivity index (χ0n) is 11.2. The minimum atomic E-state index is -0.177. The molecule has 1 heterocycles. The van der Waals surface area contributed by atoms with Crippen molar-refractivity contribution in [1.82, 2.24) is 4.90 Å². The van der Waals surface area contributed by atoms with Gasteiger partial charge in [0, 0.05) is 17.0 Å². The lowest BCUT2D eigenvalue weighted by atomic mass is 9.95. The molecule has 1 amide bonds. The molecule has 0 saturated carbocycles. The van der Waals surface area contributed by atoms with Gasteiger partial charge in [0.25, 0.3) is 0 Å². The van der Waals surface area contributed by atoms with E-state index in [1.54, 1.807) is 0 Å². The van der Waals surface area contributed by atoms with Crippen molar-refractivity contribution in [2.24, 2.45) is 5.92 Å². The number of hydrogen-bond donors (Lipinski definition) is 0. The van der Waals surface area contributed by atoms with Crippen molar-refractivity contribution in [3.63, 3.8) is 0 Å². The van der Waals surface area contributed by atoms with Crippen molar-refractivity contribution in [3.8, 4) is 0 Å². The predicted molar refractivity (Wildman–Crippen MR) is 84.4 cm³/mol. The average molecular weight is 373 g/mol. The molecule has 1 aromatic carbocycles. The fourth-order valence-corrected chi connectivity index (χ4v) is 3.07. The first-order chi connectivity index (χ1) is 9.16. The molecule has 0 spiro atoms. The van der Waals surface area contributed by atoms with E-state index < -0.39 is 0 Å². The topological polar surface area (TPSA) is 29.5 Å². The number of carbonyl (C=O) groups is 1. The number of halogens is 1.